The van der Waals surface area contributed by atoms with Crippen LogP contribution in [0.15, 0.2) is 24.3 Å². The number of hydrogen-bond donors (Lipinski definition) is 3. The molecular weight excluding hydrogens is 248 g/mol. The van der Waals surface area contributed by atoms with E-state index >= 15 is 0 Å². The number of amides is 1. The molecule has 0 aliphatic heterocycles. The maximum atomic E-state index is 11.5. The van der Waals surface area contributed by atoms with E-state index in [1.807, 2.05) is 24.3 Å². The molecule has 1 aromatic rings. The van der Waals surface area contributed by atoms with Crippen LogP contribution in [0.4, 0.5) is 0 Å². The Morgan fingerprint density at radius 2 is 2.16 bits per heavy atom. The molecular formula is C13H18N2O4. The molecule has 0 aliphatic carbocycles. The molecule has 0 saturated carbocycles. The van der Waals surface area contributed by atoms with E-state index in [2.05, 4.69) is 10.6 Å². The van der Waals surface area contributed by atoms with Crippen molar-refractivity contribution in [2.45, 2.75) is 19.5 Å². The topological polar surface area (TPSA) is 87.7 Å². The minimum atomic E-state index is -0.986. The molecule has 1 amide bonds. The number of hydrogen-bond acceptors (Lipinski definition) is 4. The zero-order valence-corrected chi connectivity index (χ0v) is 11.0. The van der Waals surface area contributed by atoms with Gasteiger partial charge in [-0.2, -0.15) is 0 Å². The largest absolute Gasteiger partial charge is 0.497 e. The fourth-order valence-electron chi connectivity index (χ4n) is 1.38. The van der Waals surface area contributed by atoms with Gasteiger partial charge in [-0.15, -0.1) is 0 Å². The van der Waals surface area contributed by atoms with Crippen LogP contribution in [0.1, 0.15) is 12.5 Å². The Morgan fingerprint density at radius 1 is 1.42 bits per heavy atom. The first-order valence-electron chi connectivity index (χ1n) is 5.88. The average molecular weight is 266 g/mol. The summed E-state index contributed by atoms with van der Waals surface area (Å²) in [6.07, 6.45) is 0. The molecule has 0 aromatic heterocycles. The zero-order valence-electron chi connectivity index (χ0n) is 11.0. The number of rotatable bonds is 7. The van der Waals surface area contributed by atoms with Crippen molar-refractivity contribution in [2.75, 3.05) is 13.7 Å². The van der Waals surface area contributed by atoms with E-state index in [1.165, 1.54) is 6.92 Å². The number of nitrogens with one attached hydrogen (secondary N) is 2. The van der Waals surface area contributed by atoms with Crippen molar-refractivity contribution in [1.29, 1.82) is 0 Å². The molecule has 3 N–H and O–H groups in total. The first kappa shape index (κ1) is 15.0. The second-order valence-electron chi connectivity index (χ2n) is 4.07. The monoisotopic (exact) mass is 266 g/mol. The third-order valence-corrected chi connectivity index (χ3v) is 2.56. The van der Waals surface area contributed by atoms with Gasteiger partial charge in [0.05, 0.1) is 13.7 Å². The summed E-state index contributed by atoms with van der Waals surface area (Å²) in [5.74, 6) is -0.513. The SMILES string of the molecule is COc1cccc(CNC(=O)CN[C@H](C)C(=O)O)c1. The average Bonchev–Trinajstić information content (AvgIpc) is 2.42. The fourth-order valence-corrected chi connectivity index (χ4v) is 1.38. The molecule has 0 fully saturated rings. The highest BCUT2D eigenvalue weighted by Crippen LogP contribution is 2.11. The van der Waals surface area contributed by atoms with Crippen LogP contribution < -0.4 is 15.4 Å². The number of carbonyl (C=O) groups is 2. The van der Waals surface area contributed by atoms with Crippen LogP contribution in [0, 0.1) is 0 Å². The molecule has 6 heteroatoms. The number of methoxy groups -OCH3 is 1. The number of ether oxygens (including phenoxy) is 1. The van der Waals surface area contributed by atoms with Crippen molar-refractivity contribution in [3.05, 3.63) is 29.8 Å². The Balaban J connectivity index is 2.35. The Kier molecular flexibility index (Phi) is 5.81. The summed E-state index contributed by atoms with van der Waals surface area (Å²) in [6.45, 7) is 1.83. The van der Waals surface area contributed by atoms with Gasteiger partial charge in [0.15, 0.2) is 0 Å². The minimum Gasteiger partial charge on any atom is -0.497 e. The zero-order chi connectivity index (χ0) is 14.3. The number of aliphatic carboxylic acids is 1. The normalized spacial score (nSPS) is 11.7. The van der Waals surface area contributed by atoms with E-state index in [-0.39, 0.29) is 12.5 Å². The van der Waals surface area contributed by atoms with E-state index in [9.17, 15) is 9.59 Å². The summed E-state index contributed by atoms with van der Waals surface area (Å²) >= 11 is 0. The maximum absolute atomic E-state index is 11.5. The lowest BCUT2D eigenvalue weighted by atomic mass is 10.2. The van der Waals surface area contributed by atoms with Crippen molar-refractivity contribution in [2.24, 2.45) is 0 Å². The van der Waals surface area contributed by atoms with E-state index < -0.39 is 12.0 Å². The smallest absolute Gasteiger partial charge is 0.320 e. The molecule has 1 rings (SSSR count). The first-order chi connectivity index (χ1) is 9.02. The highest BCUT2D eigenvalue weighted by molar-refractivity contribution is 5.79. The van der Waals surface area contributed by atoms with Crippen LogP contribution in [-0.4, -0.2) is 36.7 Å². The molecule has 6 nitrogen and oxygen atoms in total. The summed E-state index contributed by atoms with van der Waals surface area (Å²) in [5, 5.41) is 14.0. The van der Waals surface area contributed by atoms with E-state index in [1.54, 1.807) is 7.11 Å². The van der Waals surface area contributed by atoms with Crippen LogP contribution in [0.3, 0.4) is 0 Å². The summed E-state index contributed by atoms with van der Waals surface area (Å²) < 4.78 is 5.08. The summed E-state index contributed by atoms with van der Waals surface area (Å²) in [4.78, 5) is 22.1. The van der Waals surface area contributed by atoms with Gasteiger partial charge < -0.3 is 15.2 Å². The van der Waals surface area contributed by atoms with Crippen LogP contribution in [0.2, 0.25) is 0 Å². The van der Waals surface area contributed by atoms with Gasteiger partial charge in [-0.1, -0.05) is 12.1 Å². The first-order valence-corrected chi connectivity index (χ1v) is 5.88. The third-order valence-electron chi connectivity index (χ3n) is 2.56. The molecule has 0 radical (unpaired) electrons. The molecule has 1 atom stereocenters. The van der Waals surface area contributed by atoms with Gasteiger partial charge in [0.2, 0.25) is 5.91 Å². The second kappa shape index (κ2) is 7.38. The molecule has 0 spiro atoms. The summed E-state index contributed by atoms with van der Waals surface area (Å²) in [7, 11) is 1.58. The number of benzene rings is 1. The van der Waals surface area contributed by atoms with Gasteiger partial charge in [-0.25, -0.2) is 0 Å². The van der Waals surface area contributed by atoms with Gasteiger partial charge in [-0.3, -0.25) is 14.9 Å². The lowest BCUT2D eigenvalue weighted by molar-refractivity contribution is -0.139. The van der Waals surface area contributed by atoms with E-state index in [0.29, 0.717) is 6.54 Å². The number of carboxylic acids is 1. The number of carbonyl (C=O) groups excluding carboxylic acids is 1. The van der Waals surface area contributed by atoms with Crippen LogP contribution in [0.5, 0.6) is 5.75 Å². The fraction of sp³-hybridized carbons (Fsp3) is 0.385. The standard InChI is InChI=1S/C13H18N2O4/c1-9(13(17)18)14-8-12(16)15-7-10-4-3-5-11(6-10)19-2/h3-6,9,14H,7-8H2,1-2H3,(H,15,16)(H,17,18)/t9-/m1/s1. The van der Waals surface area contributed by atoms with Crippen LogP contribution in [0.25, 0.3) is 0 Å². The van der Waals surface area contributed by atoms with Crippen molar-refractivity contribution < 1.29 is 19.4 Å². The quantitative estimate of drug-likeness (QED) is 0.664. The maximum Gasteiger partial charge on any atom is 0.320 e. The van der Waals surface area contributed by atoms with Gasteiger partial charge in [-0.05, 0) is 24.6 Å². The molecule has 0 saturated heterocycles. The molecule has 0 unspecified atom stereocenters. The predicted octanol–water partition coefficient (Wildman–Crippen LogP) is 0.374. The Labute approximate surface area is 111 Å². The highest BCUT2D eigenvalue weighted by atomic mass is 16.5. The molecule has 0 heterocycles. The Bertz CT molecular complexity index is 448. The van der Waals surface area contributed by atoms with E-state index in [0.717, 1.165) is 11.3 Å². The second-order valence-corrected chi connectivity index (χ2v) is 4.07. The molecule has 1 aromatic carbocycles. The van der Waals surface area contributed by atoms with Crippen molar-refractivity contribution in [3.8, 4) is 5.75 Å². The third kappa shape index (κ3) is 5.39. The predicted molar refractivity (Wildman–Crippen MR) is 69.9 cm³/mol. The van der Waals surface area contributed by atoms with Crippen LogP contribution >= 0.6 is 0 Å². The van der Waals surface area contributed by atoms with Gasteiger partial charge in [0.1, 0.15) is 11.8 Å². The van der Waals surface area contributed by atoms with Crippen molar-refractivity contribution in [1.82, 2.24) is 10.6 Å². The van der Waals surface area contributed by atoms with Crippen molar-refractivity contribution >= 4 is 11.9 Å². The highest BCUT2D eigenvalue weighted by Gasteiger charge is 2.11. The lowest BCUT2D eigenvalue weighted by Crippen LogP contribution is -2.41. The Morgan fingerprint density at radius 3 is 2.79 bits per heavy atom. The molecule has 0 aliphatic rings. The summed E-state index contributed by atoms with van der Waals surface area (Å²) in [5.41, 5.74) is 0.916. The lowest BCUT2D eigenvalue weighted by Gasteiger charge is -2.10. The van der Waals surface area contributed by atoms with Crippen molar-refractivity contribution in [3.63, 3.8) is 0 Å². The molecule has 104 valence electrons. The van der Waals surface area contributed by atoms with Crippen LogP contribution in [-0.2, 0) is 16.1 Å². The van der Waals surface area contributed by atoms with Gasteiger partial charge in [0, 0.05) is 6.54 Å². The van der Waals surface area contributed by atoms with Gasteiger partial charge in [0.25, 0.3) is 0 Å². The van der Waals surface area contributed by atoms with E-state index in [4.69, 9.17) is 9.84 Å². The number of carboxylic acid groups (broad SMARTS) is 1. The summed E-state index contributed by atoms with van der Waals surface area (Å²) in [6, 6.07) is 6.61. The molecule has 0 bridgehead atoms. The Hall–Kier alpha value is -2.08. The van der Waals surface area contributed by atoms with Gasteiger partial charge >= 0.3 is 5.97 Å². The molecule has 19 heavy (non-hydrogen) atoms. The minimum absolute atomic E-state index is 0.0303.